The first-order chi connectivity index (χ1) is 72.1. The van der Waals surface area contributed by atoms with Gasteiger partial charge in [0, 0.05) is 138 Å². The number of hydrogen-bond acceptors (Lipinski definition) is 22. The minimum atomic E-state index is -4.11. The number of ketones is 4. The first-order valence-corrected chi connectivity index (χ1v) is 53.5. The molecule has 2 unspecified atom stereocenters. The van der Waals surface area contributed by atoms with Gasteiger partial charge in [-0.1, -0.05) is 100 Å². The average molecular weight is 2060 g/mol. The minimum absolute atomic E-state index is 0.00723. The molecule has 30 nitrogen and oxygen atoms in total. The van der Waals surface area contributed by atoms with E-state index in [1.165, 1.54) is 12.7 Å². The standard InChI is InChI=1S/C60H66N4O12S.C59H64N4O10/c1-7-46(65)16-10-13-19-57(67)61-37(4)52(66)23-36(3)58(68)62-44-25-38(24-39(26-44)34-76-55-29-40-20-21-45-27-41-14-8-11-17-49(41)63(45)59(69)48(40)32-54(55)73-5)33-75-53-30-43-31-56(77(71,72)74-6)51-28-42-15-9-12-18-50(42)64(51)60(70)47(43)22-35(53)2;1-6-45(64)15-9-12-18-56(67)60-36(4)51(65)22-35(3)57(68)61-43-24-37(32-72-53-30-42-28-52(66)50-27-41-14-8-11-17-49(41)63(50)59(70)46(42)21-34(53)2)23-38(25-43)33-73-55-29-39-19-20-44-26-40-13-7-10-16-48(40)62(44)58(69)47(39)31-54(55)71-5/h8-9,11-12,14-15,17-18,22,24-26,29-30,32,36-37,45,51,56H,7,10,13,16,19-21,23,27-28,31,33-34H2,1-6H3,(H,61,67)(H,62,68);7-8,10-11,13-14,16-17,21,23-25,29-31,35-36,44,50,52,66H,6,9,12,15,18-20,22,26-28,32-33H2,1-5H3,(H,60,67)(H,61,68)/t36-,37+,45-,51+,56?;35-,36+,44-,50+,52?/m11/s1. The number of ether oxygens (including phenoxy) is 6. The number of rotatable bonds is 40. The molecule has 8 aliphatic heterocycles. The van der Waals surface area contributed by atoms with Gasteiger partial charge in [0.15, 0.2) is 34.6 Å². The van der Waals surface area contributed by atoms with Gasteiger partial charge in [-0.2, -0.15) is 8.42 Å². The maximum atomic E-state index is 14.4. The lowest BCUT2D eigenvalue weighted by atomic mass is 9.96. The third-order valence-corrected chi connectivity index (χ3v) is 31.9. The number of aliphatic hydroxyl groups is 1. The van der Waals surface area contributed by atoms with Crippen LogP contribution in [0, 0.1) is 25.7 Å². The van der Waals surface area contributed by atoms with Gasteiger partial charge in [-0.25, -0.2) is 0 Å². The summed E-state index contributed by atoms with van der Waals surface area (Å²) in [5.41, 5.74) is 17.4. The molecular weight excluding hydrogens is 1930 g/mol. The van der Waals surface area contributed by atoms with Gasteiger partial charge in [0.2, 0.25) is 23.6 Å². The molecule has 10 aromatic carbocycles. The number of methoxy groups -OCH3 is 2. The van der Waals surface area contributed by atoms with Crippen molar-refractivity contribution in [2.24, 2.45) is 11.8 Å². The average Bonchev–Trinajstić information content (AvgIpc) is 1.62. The fourth-order valence-corrected chi connectivity index (χ4v) is 23.2. The number of carbonyl (C=O) groups is 12. The van der Waals surface area contributed by atoms with E-state index in [0.717, 1.165) is 83.2 Å². The Balaban J connectivity index is 0.000000204. The second kappa shape index (κ2) is 46.6. The van der Waals surface area contributed by atoms with Crippen LogP contribution in [0.1, 0.15) is 251 Å². The molecule has 0 saturated carbocycles. The van der Waals surface area contributed by atoms with Crippen molar-refractivity contribution in [2.45, 2.75) is 271 Å². The van der Waals surface area contributed by atoms with E-state index in [9.17, 15) is 71.1 Å². The van der Waals surface area contributed by atoms with Crippen LogP contribution in [0.25, 0.3) is 0 Å². The third kappa shape index (κ3) is 23.6. The van der Waals surface area contributed by atoms with Gasteiger partial charge >= 0.3 is 0 Å². The maximum Gasteiger partial charge on any atom is 0.272 e. The molecule has 0 spiro atoms. The van der Waals surface area contributed by atoms with Crippen LogP contribution >= 0.6 is 0 Å². The molecule has 150 heavy (non-hydrogen) atoms. The lowest BCUT2D eigenvalue weighted by Crippen LogP contribution is -2.47. The zero-order chi connectivity index (χ0) is 106. The summed E-state index contributed by atoms with van der Waals surface area (Å²) in [5.74, 6) is -1.20. The number of benzene rings is 10. The van der Waals surface area contributed by atoms with E-state index in [1.807, 2.05) is 152 Å². The van der Waals surface area contributed by atoms with Crippen molar-refractivity contribution in [3.8, 4) is 34.5 Å². The van der Waals surface area contributed by atoms with Gasteiger partial charge in [-0.05, 0) is 298 Å². The van der Waals surface area contributed by atoms with Crippen molar-refractivity contribution in [3.05, 3.63) is 282 Å². The second-order valence-corrected chi connectivity index (χ2v) is 42.6. The van der Waals surface area contributed by atoms with Crippen molar-refractivity contribution < 1.29 is 104 Å². The Hall–Kier alpha value is -14.7. The number of nitrogens with zero attached hydrogens (tertiary/aromatic N) is 4. The highest BCUT2D eigenvalue weighted by atomic mass is 32.2. The summed E-state index contributed by atoms with van der Waals surface area (Å²) in [7, 11) is 0.0868. The predicted molar refractivity (Wildman–Crippen MR) is 569 cm³/mol. The smallest absolute Gasteiger partial charge is 0.272 e. The number of aliphatic hydroxyl groups excluding tert-OH is 1. The summed E-state index contributed by atoms with van der Waals surface area (Å²) in [4.78, 5) is 167. The van der Waals surface area contributed by atoms with Crippen molar-refractivity contribution in [2.75, 3.05) is 51.6 Å². The predicted octanol–water partition coefficient (Wildman–Crippen LogP) is 17.5. The first-order valence-electron chi connectivity index (χ1n) is 52.0. The molecule has 18 rings (SSSR count). The number of fused-ring (bicyclic) bond motifs is 16. The van der Waals surface area contributed by atoms with Crippen LogP contribution < -0.4 is 69.3 Å². The third-order valence-electron chi connectivity index (χ3n) is 30.2. The van der Waals surface area contributed by atoms with Crippen molar-refractivity contribution in [1.29, 1.82) is 0 Å². The fourth-order valence-electron chi connectivity index (χ4n) is 21.9. The molecule has 784 valence electrons. The van der Waals surface area contributed by atoms with Crippen LogP contribution in [-0.2, 0) is 130 Å². The number of carbonyl (C=O) groups excluding carboxylic acids is 12. The molecule has 8 amide bonds. The van der Waals surface area contributed by atoms with E-state index in [1.54, 1.807) is 100 Å². The first kappa shape index (κ1) is 107. The van der Waals surface area contributed by atoms with Crippen LogP contribution in [0.2, 0.25) is 0 Å². The molecule has 8 aliphatic rings. The Bertz CT molecular complexity index is 7080. The zero-order valence-corrected chi connectivity index (χ0v) is 87.5. The van der Waals surface area contributed by atoms with Gasteiger partial charge in [0.05, 0.1) is 51.6 Å². The lowest BCUT2D eigenvalue weighted by Gasteiger charge is -2.28. The molecule has 0 aromatic heterocycles. The van der Waals surface area contributed by atoms with Gasteiger partial charge in [-0.15, -0.1) is 0 Å². The van der Waals surface area contributed by atoms with E-state index in [0.29, 0.717) is 190 Å². The normalized spacial score (nSPS) is 18.1. The number of nitrogens with one attached hydrogen (secondary N) is 4. The van der Waals surface area contributed by atoms with Gasteiger partial charge < -0.3 is 74.4 Å². The molecule has 0 fully saturated rings. The Morgan fingerprint density at radius 1 is 0.387 bits per heavy atom. The van der Waals surface area contributed by atoms with E-state index >= 15 is 0 Å². The highest BCUT2D eigenvalue weighted by Crippen LogP contribution is 2.48. The Morgan fingerprint density at radius 3 is 1.12 bits per heavy atom. The van der Waals surface area contributed by atoms with E-state index in [4.69, 9.17) is 32.6 Å². The quantitative estimate of drug-likeness (QED) is 0.0176. The fraction of sp³-hybridized carbons (Fsp3) is 0.395. The molecule has 0 radical (unpaired) electrons. The number of aryl methyl sites for hydroxylation is 4. The van der Waals surface area contributed by atoms with Crippen LogP contribution in [0.5, 0.6) is 34.5 Å². The van der Waals surface area contributed by atoms with Gasteiger partial charge in [0.25, 0.3) is 33.7 Å². The highest BCUT2D eigenvalue weighted by molar-refractivity contribution is 7.87. The summed E-state index contributed by atoms with van der Waals surface area (Å²) in [6.07, 6.45) is 9.07. The van der Waals surface area contributed by atoms with Crippen LogP contribution in [0.15, 0.2) is 182 Å². The number of unbranched alkanes of at least 4 members (excludes halogenated alkanes) is 2. The summed E-state index contributed by atoms with van der Waals surface area (Å²) in [6, 6.07) is 53.9. The monoisotopic (exact) mass is 2050 g/mol. The number of amides is 8. The van der Waals surface area contributed by atoms with Crippen LogP contribution in [-0.4, -0.2) is 153 Å². The SMILES string of the molecule is CCC(=O)CCCCC(=O)N[C@@H](C)C(=O)C[C@@H](C)C(=O)Nc1cc(COc2cc3c(cc2C)C(=O)N2c4ccccc4C[C@H]2C(O)C3)cc(COc2cc3c(cc2OC)C(=O)N2c4ccccc4C[C@H]2CC3)c1.CCC(=O)CCCCC(=O)N[C@@H](C)C(=O)C[C@@H](C)C(=O)Nc1cc(COc2cc3c(cc2C)C(=O)N2c4ccccc4C[C@H]2C(S(=O)(=O)OC)C3)cc(COc2cc3c(cc2OC)C(=O)N2c4ccccc4C[C@H]2CC3)c1. The van der Waals surface area contributed by atoms with Crippen molar-refractivity contribution >= 4 is 115 Å². The number of anilines is 6. The molecule has 8 heterocycles. The van der Waals surface area contributed by atoms with Crippen LogP contribution in [0.4, 0.5) is 34.1 Å². The highest BCUT2D eigenvalue weighted by Gasteiger charge is 2.49. The topological polar surface area (TPSA) is 385 Å². The van der Waals surface area contributed by atoms with Gasteiger partial charge in [0.1, 0.15) is 54.7 Å². The van der Waals surface area contributed by atoms with Crippen LogP contribution in [0.3, 0.4) is 0 Å². The summed E-state index contributed by atoms with van der Waals surface area (Å²) < 4.78 is 69.9. The molecule has 10 aromatic rings. The number of Topliss-reactive ketones (excluding diaryl/α,β-unsaturated/α-hetero) is 4. The van der Waals surface area contributed by atoms with E-state index in [2.05, 4.69) is 33.4 Å². The molecule has 10 atom stereocenters. The second-order valence-electron chi connectivity index (χ2n) is 40.7. The summed E-state index contributed by atoms with van der Waals surface area (Å²) >= 11 is 0. The van der Waals surface area contributed by atoms with E-state index in [-0.39, 0.29) is 142 Å². The Labute approximate surface area is 874 Å². The zero-order valence-electron chi connectivity index (χ0n) is 86.7. The number of hydrogen-bond donors (Lipinski definition) is 5. The Morgan fingerprint density at radius 2 is 0.727 bits per heavy atom. The molecule has 5 N–H and O–H groups in total. The van der Waals surface area contributed by atoms with Crippen molar-refractivity contribution in [3.63, 3.8) is 0 Å². The molecule has 0 bridgehead atoms. The van der Waals surface area contributed by atoms with Gasteiger partial charge in [-0.3, -0.25) is 61.7 Å². The lowest BCUT2D eigenvalue weighted by molar-refractivity contribution is -0.129. The molecule has 0 aliphatic carbocycles. The van der Waals surface area contributed by atoms with E-state index < -0.39 is 63.2 Å². The molecule has 0 saturated heterocycles. The molecular formula is C119H130N8O22S. The molecule has 31 heteroatoms. The maximum absolute atomic E-state index is 14.4. The summed E-state index contributed by atoms with van der Waals surface area (Å²) in [5, 5.41) is 21.8. The summed E-state index contributed by atoms with van der Waals surface area (Å²) in [6.45, 7) is 13.9. The largest absolute Gasteiger partial charge is 0.493 e. The number of para-hydroxylation sites is 4. The Kier molecular flexibility index (Phi) is 33.1. The minimum Gasteiger partial charge on any atom is -0.493 e. The van der Waals surface area contributed by atoms with Crippen molar-refractivity contribution in [1.82, 2.24) is 10.6 Å².